The minimum absolute atomic E-state index is 0. The van der Waals surface area contributed by atoms with Gasteiger partial charge in [0.25, 0.3) is 0 Å². The molecular formula is C14H31NNa2O4Se. The van der Waals surface area contributed by atoms with Gasteiger partial charge in [0.1, 0.15) is 0 Å². The molecule has 0 N–H and O–H groups in total. The predicted octanol–water partition coefficient (Wildman–Crippen LogP) is -4.52. The Hall–Kier alpha value is 2.00. The number of hydrogen-bond donors (Lipinski definition) is 0. The minimum atomic E-state index is -5.75. The van der Waals surface area contributed by atoms with E-state index in [4.69, 9.17) is 16.0 Å². The Morgan fingerprint density at radius 3 is 1.27 bits per heavy atom. The van der Waals surface area contributed by atoms with Gasteiger partial charge in [-0.2, -0.15) is 0 Å². The quantitative estimate of drug-likeness (QED) is 0.257. The van der Waals surface area contributed by atoms with Crippen molar-refractivity contribution >= 4 is 13.4 Å². The van der Waals surface area contributed by atoms with Gasteiger partial charge in [0, 0.05) is 0 Å². The molecule has 0 aliphatic heterocycles. The van der Waals surface area contributed by atoms with E-state index in [9.17, 15) is 0 Å². The second-order valence-electron chi connectivity index (χ2n) is 5.39. The SMILES string of the molecule is CCCCCCCCCCCCN(C)C.O=[Se](=O)([O-])[O-].[Na+].[Na+]. The Morgan fingerprint density at radius 2 is 1.00 bits per heavy atom. The van der Waals surface area contributed by atoms with Crippen LogP contribution < -0.4 is 67.5 Å². The fraction of sp³-hybridized carbons (Fsp3) is 1.00. The van der Waals surface area contributed by atoms with E-state index in [1.165, 1.54) is 70.8 Å². The summed E-state index contributed by atoms with van der Waals surface area (Å²) in [5.41, 5.74) is 0. The zero-order valence-corrected chi connectivity index (χ0v) is 21.0. The number of rotatable bonds is 11. The predicted molar refractivity (Wildman–Crippen MR) is 77.5 cm³/mol. The summed E-state index contributed by atoms with van der Waals surface area (Å²) in [7, 11) is 4.32. The van der Waals surface area contributed by atoms with Crippen LogP contribution in [0.5, 0.6) is 0 Å². The molecule has 0 saturated carbocycles. The van der Waals surface area contributed by atoms with Crippen LogP contribution >= 0.6 is 0 Å². The second-order valence-corrected chi connectivity index (χ2v) is 7.11. The van der Waals surface area contributed by atoms with E-state index in [0.29, 0.717) is 0 Å². The van der Waals surface area contributed by atoms with E-state index in [2.05, 4.69) is 25.9 Å². The van der Waals surface area contributed by atoms with Gasteiger partial charge in [0.15, 0.2) is 0 Å². The first-order chi connectivity index (χ1) is 9.27. The van der Waals surface area contributed by atoms with Crippen molar-refractivity contribution in [1.82, 2.24) is 4.90 Å². The Kier molecular flexibility index (Phi) is 33.2. The third kappa shape index (κ3) is 49.5. The van der Waals surface area contributed by atoms with Gasteiger partial charge in [0.2, 0.25) is 0 Å². The van der Waals surface area contributed by atoms with Crippen molar-refractivity contribution in [3.8, 4) is 0 Å². The van der Waals surface area contributed by atoms with Crippen molar-refractivity contribution in [1.29, 1.82) is 0 Å². The van der Waals surface area contributed by atoms with Crippen molar-refractivity contribution < 1.29 is 75.2 Å². The first-order valence-electron chi connectivity index (χ1n) is 7.58. The summed E-state index contributed by atoms with van der Waals surface area (Å²) in [6.45, 7) is 3.54. The Bertz CT molecular complexity index is 281. The summed E-state index contributed by atoms with van der Waals surface area (Å²) in [5.74, 6) is 0. The molecule has 0 unspecified atom stereocenters. The van der Waals surface area contributed by atoms with Crippen LogP contribution in [0, 0.1) is 0 Å². The molecule has 0 aliphatic rings. The third-order valence-corrected chi connectivity index (χ3v) is 2.96. The third-order valence-electron chi connectivity index (χ3n) is 2.96. The van der Waals surface area contributed by atoms with Crippen LogP contribution in [-0.2, 0) is 7.67 Å². The molecule has 0 aromatic rings. The molecule has 0 radical (unpaired) electrons. The summed E-state index contributed by atoms with van der Waals surface area (Å²) in [4.78, 5) is 2.28. The molecule has 0 fully saturated rings. The maximum atomic E-state index is 8.59. The van der Waals surface area contributed by atoms with E-state index < -0.39 is 13.4 Å². The average Bonchev–Trinajstić information content (AvgIpc) is 2.29. The molecule has 8 heteroatoms. The topological polar surface area (TPSA) is 83.5 Å². The van der Waals surface area contributed by atoms with Crippen molar-refractivity contribution in [2.75, 3.05) is 20.6 Å². The van der Waals surface area contributed by atoms with Crippen molar-refractivity contribution in [3.63, 3.8) is 0 Å². The van der Waals surface area contributed by atoms with Crippen LogP contribution in [0.4, 0.5) is 0 Å². The van der Waals surface area contributed by atoms with E-state index in [1.807, 2.05) is 0 Å². The number of hydrogen-bond acceptors (Lipinski definition) is 5. The van der Waals surface area contributed by atoms with Crippen LogP contribution in [0.25, 0.3) is 0 Å². The standard InChI is InChI=1S/C14H31N.2Na.H2O4Se/c1-4-5-6-7-8-9-10-11-12-13-14-15(2)3;;;1-5(2,3)4/h4-14H2,1-3H3;;;(H2,1,2,3,4)/q;2*+1;/p-2. The van der Waals surface area contributed by atoms with Gasteiger partial charge >= 0.3 is 88.5 Å². The summed E-state index contributed by atoms with van der Waals surface area (Å²) < 4.78 is 34.4. The van der Waals surface area contributed by atoms with Crippen LogP contribution in [0.15, 0.2) is 0 Å². The van der Waals surface area contributed by atoms with Gasteiger partial charge in [0.05, 0.1) is 0 Å². The number of unbranched alkanes of at least 4 members (excludes halogenated alkanes) is 9. The molecular weight excluding hydrogens is 371 g/mol. The van der Waals surface area contributed by atoms with Gasteiger partial charge in [-0.05, 0) is 27.1 Å². The first-order valence-corrected chi connectivity index (χ1v) is 10.4. The fourth-order valence-electron chi connectivity index (χ4n) is 1.92. The second kappa shape index (κ2) is 23.0. The molecule has 0 spiro atoms. The van der Waals surface area contributed by atoms with E-state index in [0.717, 1.165) is 0 Å². The smallest absolute Gasteiger partial charge is 1.00 e. The minimum Gasteiger partial charge on any atom is 1.00 e. The van der Waals surface area contributed by atoms with Gasteiger partial charge < -0.3 is 4.90 Å². The summed E-state index contributed by atoms with van der Waals surface area (Å²) in [5, 5.41) is 0. The Balaban J connectivity index is -0.000000201. The molecule has 0 bridgehead atoms. The average molecular weight is 402 g/mol. The molecule has 124 valence electrons. The van der Waals surface area contributed by atoms with Gasteiger partial charge in [-0.15, -0.1) is 0 Å². The van der Waals surface area contributed by atoms with E-state index in [1.54, 1.807) is 0 Å². The number of nitrogens with zero attached hydrogens (tertiary/aromatic N) is 1. The maximum Gasteiger partial charge on any atom is 1.00 e. The molecule has 0 heterocycles. The Morgan fingerprint density at radius 1 is 0.727 bits per heavy atom. The Labute approximate surface area is 183 Å². The maximum absolute atomic E-state index is 8.59. The van der Waals surface area contributed by atoms with Crippen LogP contribution in [0.1, 0.15) is 71.1 Å². The molecule has 0 atom stereocenters. The van der Waals surface area contributed by atoms with E-state index in [-0.39, 0.29) is 59.1 Å². The van der Waals surface area contributed by atoms with Crippen molar-refractivity contribution in [3.05, 3.63) is 0 Å². The summed E-state index contributed by atoms with van der Waals surface area (Å²) in [6, 6.07) is 0. The van der Waals surface area contributed by atoms with Crippen LogP contribution in [-0.4, -0.2) is 38.9 Å². The summed E-state index contributed by atoms with van der Waals surface area (Å²) >= 11 is -5.75. The van der Waals surface area contributed by atoms with Gasteiger partial charge in [-0.25, -0.2) is 0 Å². The molecule has 0 amide bonds. The van der Waals surface area contributed by atoms with Crippen molar-refractivity contribution in [2.24, 2.45) is 0 Å². The molecule has 0 aromatic heterocycles. The largest absolute Gasteiger partial charge is 1.00 e. The fourth-order valence-corrected chi connectivity index (χ4v) is 1.92. The summed E-state index contributed by atoms with van der Waals surface area (Å²) in [6.07, 6.45) is 14.4. The van der Waals surface area contributed by atoms with Crippen LogP contribution in [0.3, 0.4) is 0 Å². The molecule has 0 aliphatic carbocycles. The van der Waals surface area contributed by atoms with Crippen LogP contribution in [0.2, 0.25) is 0 Å². The zero-order valence-electron chi connectivity index (χ0n) is 15.3. The molecule has 22 heavy (non-hydrogen) atoms. The van der Waals surface area contributed by atoms with E-state index >= 15 is 0 Å². The van der Waals surface area contributed by atoms with Crippen molar-refractivity contribution in [2.45, 2.75) is 71.1 Å². The monoisotopic (exact) mass is 403 g/mol. The first kappa shape index (κ1) is 31.7. The zero-order chi connectivity index (χ0) is 15.9. The molecule has 0 rings (SSSR count). The van der Waals surface area contributed by atoms with Gasteiger partial charge in [-0.1, -0.05) is 64.7 Å². The molecule has 5 nitrogen and oxygen atoms in total. The van der Waals surface area contributed by atoms with Gasteiger partial charge in [-0.3, -0.25) is 0 Å². The normalized spacial score (nSPS) is 10.3. The molecule has 0 aromatic carbocycles. The molecule has 0 saturated heterocycles.